The van der Waals surface area contributed by atoms with Crippen LogP contribution in [0.3, 0.4) is 0 Å². The van der Waals surface area contributed by atoms with Crippen molar-refractivity contribution in [1.29, 1.82) is 0 Å². The number of halogens is 1. The van der Waals surface area contributed by atoms with Gasteiger partial charge in [-0.2, -0.15) is 4.98 Å². The molecule has 3 rings (SSSR count). The molecule has 0 atom stereocenters. The van der Waals surface area contributed by atoms with E-state index in [1.54, 1.807) is 30.5 Å². The Hall–Kier alpha value is -2.59. The van der Waals surface area contributed by atoms with Crippen molar-refractivity contribution in [2.75, 3.05) is 0 Å². The molecule has 0 aliphatic carbocycles. The van der Waals surface area contributed by atoms with Crippen molar-refractivity contribution in [3.63, 3.8) is 0 Å². The molecule has 0 amide bonds. The van der Waals surface area contributed by atoms with Crippen LogP contribution in [0.2, 0.25) is 5.15 Å². The summed E-state index contributed by atoms with van der Waals surface area (Å²) < 4.78 is 11.3. The molecule has 0 spiro atoms. The van der Waals surface area contributed by atoms with Crippen molar-refractivity contribution >= 4 is 11.6 Å². The highest BCUT2D eigenvalue weighted by molar-refractivity contribution is 6.29. The normalized spacial score (nSPS) is 10.2. The first-order valence-corrected chi connectivity index (χ1v) is 7.10. The van der Waals surface area contributed by atoms with Gasteiger partial charge in [0.15, 0.2) is 0 Å². The van der Waals surface area contributed by atoms with Crippen molar-refractivity contribution in [1.82, 2.24) is 9.97 Å². The fourth-order valence-electron chi connectivity index (χ4n) is 1.83. The zero-order chi connectivity index (χ0) is 15.2. The molecule has 1 aromatic carbocycles. The van der Waals surface area contributed by atoms with E-state index in [0.717, 1.165) is 5.56 Å². The first-order valence-electron chi connectivity index (χ1n) is 6.73. The van der Waals surface area contributed by atoms with E-state index in [2.05, 4.69) is 9.97 Å². The van der Waals surface area contributed by atoms with Gasteiger partial charge in [-0.15, -0.1) is 0 Å². The van der Waals surface area contributed by atoms with Gasteiger partial charge in [-0.3, -0.25) is 0 Å². The molecule has 4 nitrogen and oxygen atoms in total. The molecule has 0 fully saturated rings. The Labute approximate surface area is 133 Å². The highest BCUT2D eigenvalue weighted by atomic mass is 35.5. The van der Waals surface area contributed by atoms with Gasteiger partial charge < -0.3 is 9.47 Å². The predicted molar refractivity (Wildman–Crippen MR) is 84.3 cm³/mol. The fourth-order valence-corrected chi connectivity index (χ4v) is 2.00. The van der Waals surface area contributed by atoms with Crippen molar-refractivity contribution in [2.24, 2.45) is 0 Å². The highest BCUT2D eigenvalue weighted by Gasteiger charge is 2.03. The van der Waals surface area contributed by atoms with E-state index in [1.807, 2.05) is 36.4 Å². The van der Waals surface area contributed by atoms with Gasteiger partial charge in [0.05, 0.1) is 0 Å². The first kappa shape index (κ1) is 14.4. The lowest BCUT2D eigenvalue weighted by atomic mass is 10.2. The molecule has 0 unspecified atom stereocenters. The molecule has 110 valence electrons. The van der Waals surface area contributed by atoms with Gasteiger partial charge in [0.25, 0.3) is 0 Å². The van der Waals surface area contributed by atoms with Crippen molar-refractivity contribution in [3.8, 4) is 17.5 Å². The molecule has 0 saturated carbocycles. The van der Waals surface area contributed by atoms with E-state index >= 15 is 0 Å². The van der Waals surface area contributed by atoms with Crippen LogP contribution in [0.1, 0.15) is 5.56 Å². The van der Waals surface area contributed by atoms with Gasteiger partial charge in [-0.05, 0) is 11.6 Å². The Morgan fingerprint density at radius 3 is 2.55 bits per heavy atom. The number of aromatic nitrogens is 2. The zero-order valence-corrected chi connectivity index (χ0v) is 12.4. The van der Waals surface area contributed by atoms with E-state index in [9.17, 15) is 0 Å². The summed E-state index contributed by atoms with van der Waals surface area (Å²) in [6, 6.07) is 18.6. The zero-order valence-electron chi connectivity index (χ0n) is 11.6. The third-order valence-electron chi connectivity index (χ3n) is 2.85. The van der Waals surface area contributed by atoms with Crippen LogP contribution < -0.4 is 9.47 Å². The molecule has 0 saturated heterocycles. The lowest BCUT2D eigenvalue weighted by molar-refractivity contribution is 0.289. The Bertz CT molecular complexity index is 750. The molecular formula is C17H13ClN2O2. The number of rotatable bonds is 5. The van der Waals surface area contributed by atoms with Gasteiger partial charge in [-0.25, -0.2) is 4.98 Å². The predicted octanol–water partition coefficient (Wildman–Crippen LogP) is 4.50. The minimum absolute atomic E-state index is 0.369. The summed E-state index contributed by atoms with van der Waals surface area (Å²) in [5.41, 5.74) is 1.08. The fraction of sp³-hybridized carbons (Fsp3) is 0.0588. The molecule has 5 heteroatoms. The molecule has 0 radical (unpaired) electrons. The maximum Gasteiger partial charge on any atom is 0.222 e. The van der Waals surface area contributed by atoms with E-state index in [4.69, 9.17) is 21.1 Å². The van der Waals surface area contributed by atoms with Gasteiger partial charge in [0, 0.05) is 24.4 Å². The summed E-state index contributed by atoms with van der Waals surface area (Å²) in [7, 11) is 0. The summed E-state index contributed by atoms with van der Waals surface area (Å²) in [6.45, 7) is 0.457. The van der Waals surface area contributed by atoms with Crippen molar-refractivity contribution < 1.29 is 9.47 Å². The monoisotopic (exact) mass is 312 g/mol. The molecular weight excluding hydrogens is 300 g/mol. The van der Waals surface area contributed by atoms with Crippen LogP contribution >= 0.6 is 11.6 Å². The topological polar surface area (TPSA) is 44.2 Å². The quantitative estimate of drug-likeness (QED) is 0.651. The van der Waals surface area contributed by atoms with Crippen LogP contribution in [0.15, 0.2) is 66.9 Å². The average molecular weight is 313 g/mol. The Kier molecular flexibility index (Phi) is 4.51. The standard InChI is InChI=1S/C17H13ClN2O2/c18-15-11-14(9-10-19-15)22-17-8-4-7-16(20-17)21-12-13-5-2-1-3-6-13/h1-11H,12H2. The number of nitrogens with zero attached hydrogens (tertiary/aromatic N) is 2. The summed E-state index contributed by atoms with van der Waals surface area (Å²) in [6.07, 6.45) is 1.58. The lowest BCUT2D eigenvalue weighted by Crippen LogP contribution is -1.98. The first-order chi connectivity index (χ1) is 10.8. The van der Waals surface area contributed by atoms with Gasteiger partial charge >= 0.3 is 0 Å². The lowest BCUT2D eigenvalue weighted by Gasteiger charge is -2.08. The maximum absolute atomic E-state index is 5.82. The number of hydrogen-bond acceptors (Lipinski definition) is 4. The van der Waals surface area contributed by atoms with Crippen molar-refractivity contribution in [3.05, 3.63) is 77.6 Å². The summed E-state index contributed by atoms with van der Waals surface area (Å²) in [5, 5.41) is 0.369. The molecule has 3 aromatic rings. The second kappa shape index (κ2) is 6.91. The van der Waals surface area contributed by atoms with Crippen LogP contribution in [0.4, 0.5) is 0 Å². The molecule has 2 aromatic heterocycles. The Morgan fingerprint density at radius 2 is 1.73 bits per heavy atom. The number of ether oxygens (including phenoxy) is 2. The smallest absolute Gasteiger partial charge is 0.222 e. The maximum atomic E-state index is 5.82. The minimum Gasteiger partial charge on any atom is -0.473 e. The van der Waals surface area contributed by atoms with Gasteiger partial charge in [0.1, 0.15) is 17.5 Å². The SMILES string of the molecule is Clc1cc(Oc2cccc(OCc3ccccc3)n2)ccn1. The highest BCUT2D eigenvalue weighted by Crippen LogP contribution is 2.23. The van der Waals surface area contributed by atoms with Crippen LogP contribution in [-0.2, 0) is 6.61 Å². The number of pyridine rings is 2. The Balaban J connectivity index is 1.67. The largest absolute Gasteiger partial charge is 0.473 e. The van der Waals surface area contributed by atoms with Gasteiger partial charge in [-0.1, -0.05) is 48.0 Å². The second-order valence-corrected chi connectivity index (χ2v) is 4.89. The van der Waals surface area contributed by atoms with Crippen LogP contribution in [-0.4, -0.2) is 9.97 Å². The summed E-state index contributed by atoms with van der Waals surface area (Å²) in [5.74, 6) is 1.52. The summed E-state index contributed by atoms with van der Waals surface area (Å²) in [4.78, 5) is 8.21. The molecule has 22 heavy (non-hydrogen) atoms. The minimum atomic E-state index is 0.369. The van der Waals surface area contributed by atoms with E-state index in [0.29, 0.717) is 29.3 Å². The molecule has 2 heterocycles. The third-order valence-corrected chi connectivity index (χ3v) is 3.05. The molecule has 0 bridgehead atoms. The summed E-state index contributed by atoms with van der Waals surface area (Å²) >= 11 is 5.82. The van der Waals surface area contributed by atoms with Crippen LogP contribution in [0.25, 0.3) is 0 Å². The van der Waals surface area contributed by atoms with E-state index in [1.165, 1.54) is 0 Å². The van der Waals surface area contributed by atoms with E-state index < -0.39 is 0 Å². The second-order valence-electron chi connectivity index (χ2n) is 4.50. The van der Waals surface area contributed by atoms with Gasteiger partial charge in [0.2, 0.25) is 11.8 Å². The Morgan fingerprint density at radius 1 is 0.909 bits per heavy atom. The number of hydrogen-bond donors (Lipinski definition) is 0. The average Bonchev–Trinajstić information content (AvgIpc) is 2.54. The van der Waals surface area contributed by atoms with Crippen LogP contribution in [0.5, 0.6) is 17.5 Å². The number of benzene rings is 1. The third kappa shape index (κ3) is 3.96. The molecule has 0 N–H and O–H groups in total. The molecule has 0 aliphatic heterocycles. The van der Waals surface area contributed by atoms with Crippen molar-refractivity contribution in [2.45, 2.75) is 6.61 Å². The van der Waals surface area contributed by atoms with E-state index in [-0.39, 0.29) is 0 Å². The molecule has 0 aliphatic rings. The van der Waals surface area contributed by atoms with Crippen LogP contribution in [0, 0.1) is 0 Å².